The van der Waals surface area contributed by atoms with Gasteiger partial charge in [-0.15, -0.1) is 0 Å². The molecule has 1 N–H and O–H groups in total. The molecule has 0 bridgehead atoms. The summed E-state index contributed by atoms with van der Waals surface area (Å²) < 4.78 is 5.76. The third kappa shape index (κ3) is 2.54. The van der Waals surface area contributed by atoms with Crippen molar-refractivity contribution >= 4 is 0 Å². The Morgan fingerprint density at radius 2 is 2.00 bits per heavy atom. The van der Waals surface area contributed by atoms with E-state index in [4.69, 9.17) is 4.74 Å². The first-order chi connectivity index (χ1) is 8.52. The van der Waals surface area contributed by atoms with E-state index in [0.29, 0.717) is 24.0 Å². The first-order valence-electron chi connectivity index (χ1n) is 6.99. The summed E-state index contributed by atoms with van der Waals surface area (Å²) in [6.07, 6.45) is 1.36. The van der Waals surface area contributed by atoms with Gasteiger partial charge in [0.1, 0.15) is 11.9 Å². The van der Waals surface area contributed by atoms with Crippen LogP contribution in [0, 0.1) is 11.8 Å². The summed E-state index contributed by atoms with van der Waals surface area (Å²) in [7, 11) is 2.05. The molecule has 1 aliphatic rings. The Morgan fingerprint density at radius 1 is 1.28 bits per heavy atom. The minimum absolute atomic E-state index is 0.325. The molecule has 0 aromatic heterocycles. The molecule has 18 heavy (non-hydrogen) atoms. The molecule has 0 fully saturated rings. The van der Waals surface area contributed by atoms with E-state index in [-0.39, 0.29) is 0 Å². The Labute approximate surface area is 111 Å². The van der Waals surface area contributed by atoms with Crippen molar-refractivity contribution in [1.29, 1.82) is 0 Å². The Bertz CT molecular complexity index is 414. The highest BCUT2D eigenvalue weighted by molar-refractivity contribution is 5.41. The van der Waals surface area contributed by atoms with Crippen molar-refractivity contribution in [2.75, 3.05) is 7.05 Å². The molecule has 0 aliphatic carbocycles. The van der Waals surface area contributed by atoms with Crippen LogP contribution >= 0.6 is 0 Å². The molecule has 1 aromatic carbocycles. The Kier molecular flexibility index (Phi) is 3.96. The lowest BCUT2D eigenvalue weighted by atomic mass is 9.85. The average molecular weight is 247 g/mol. The summed E-state index contributed by atoms with van der Waals surface area (Å²) in [4.78, 5) is 0. The van der Waals surface area contributed by atoms with Crippen LogP contribution < -0.4 is 10.1 Å². The van der Waals surface area contributed by atoms with Crippen LogP contribution in [0.4, 0.5) is 0 Å². The Morgan fingerprint density at radius 3 is 2.61 bits per heavy atom. The van der Waals surface area contributed by atoms with Gasteiger partial charge >= 0.3 is 0 Å². The molecule has 2 nitrogen and oxygen atoms in total. The van der Waals surface area contributed by atoms with E-state index in [1.807, 2.05) is 0 Å². The quantitative estimate of drug-likeness (QED) is 0.878. The van der Waals surface area contributed by atoms with Gasteiger partial charge in [-0.3, -0.25) is 0 Å². The molecule has 0 radical (unpaired) electrons. The Balaban J connectivity index is 2.25. The van der Waals surface area contributed by atoms with Crippen molar-refractivity contribution in [2.45, 2.75) is 46.3 Å². The van der Waals surface area contributed by atoms with E-state index in [1.54, 1.807) is 0 Å². The summed E-state index contributed by atoms with van der Waals surface area (Å²) in [5.41, 5.74) is 2.74. The van der Waals surface area contributed by atoms with E-state index < -0.39 is 0 Å². The maximum absolute atomic E-state index is 5.76. The van der Waals surface area contributed by atoms with E-state index in [2.05, 4.69) is 58.3 Å². The zero-order valence-electron chi connectivity index (χ0n) is 12.2. The highest BCUT2D eigenvalue weighted by atomic mass is 16.5. The molecular formula is C16H25NO. The number of hydrogen-bond acceptors (Lipinski definition) is 2. The summed E-state index contributed by atoms with van der Waals surface area (Å²) in [6, 6.07) is 7.08. The minimum atomic E-state index is 0.325. The van der Waals surface area contributed by atoms with Gasteiger partial charge in [-0.05, 0) is 43.0 Å². The predicted octanol–water partition coefficient (Wildman–Crippen LogP) is 3.56. The average Bonchev–Trinajstić information content (AvgIpc) is 2.69. The molecule has 0 saturated heterocycles. The molecule has 2 rings (SSSR count). The van der Waals surface area contributed by atoms with E-state index in [0.717, 1.165) is 12.2 Å². The van der Waals surface area contributed by atoms with Gasteiger partial charge in [-0.1, -0.05) is 32.9 Å². The molecule has 100 valence electrons. The van der Waals surface area contributed by atoms with Crippen LogP contribution in [-0.4, -0.2) is 13.2 Å². The van der Waals surface area contributed by atoms with Crippen molar-refractivity contribution < 1.29 is 4.74 Å². The first kappa shape index (κ1) is 13.4. The second kappa shape index (κ2) is 5.31. The fraction of sp³-hybridized carbons (Fsp3) is 0.625. The highest BCUT2D eigenvalue weighted by Crippen LogP contribution is 2.34. The summed E-state index contributed by atoms with van der Waals surface area (Å²) in [6.45, 7) is 9.02. The van der Waals surface area contributed by atoms with E-state index >= 15 is 0 Å². The maximum Gasteiger partial charge on any atom is 0.123 e. The van der Waals surface area contributed by atoms with Gasteiger partial charge in [0.15, 0.2) is 0 Å². The Hall–Kier alpha value is -1.02. The minimum Gasteiger partial charge on any atom is -0.490 e. The monoisotopic (exact) mass is 247 g/mol. The molecule has 3 atom stereocenters. The largest absolute Gasteiger partial charge is 0.490 e. The van der Waals surface area contributed by atoms with E-state index in [1.165, 1.54) is 11.1 Å². The highest BCUT2D eigenvalue weighted by Gasteiger charge is 2.24. The standard InChI is InChI=1S/C16H25NO/c1-10(2)12(4)16(17-5)13-6-7-15-14(9-13)8-11(3)18-15/h6-7,9-12,16-17H,8H2,1-5H3. The van der Waals surface area contributed by atoms with Crippen LogP contribution in [0.25, 0.3) is 0 Å². The first-order valence-corrected chi connectivity index (χ1v) is 6.99. The summed E-state index contributed by atoms with van der Waals surface area (Å²) in [5.74, 6) is 2.36. The van der Waals surface area contributed by atoms with Gasteiger partial charge < -0.3 is 10.1 Å². The normalized spacial score (nSPS) is 21.6. The lowest BCUT2D eigenvalue weighted by molar-refractivity contribution is 0.254. The molecule has 2 heteroatoms. The second-order valence-corrected chi connectivity index (χ2v) is 5.87. The molecule has 0 spiro atoms. The van der Waals surface area contributed by atoms with Crippen molar-refractivity contribution in [3.05, 3.63) is 29.3 Å². The van der Waals surface area contributed by atoms with Crippen LogP contribution in [0.15, 0.2) is 18.2 Å². The molecule has 3 unspecified atom stereocenters. The number of rotatable bonds is 4. The maximum atomic E-state index is 5.76. The summed E-state index contributed by atoms with van der Waals surface area (Å²) >= 11 is 0. The van der Waals surface area contributed by atoms with Crippen LogP contribution in [-0.2, 0) is 6.42 Å². The van der Waals surface area contributed by atoms with Gasteiger partial charge in [0.05, 0.1) is 0 Å². The van der Waals surface area contributed by atoms with Crippen molar-refractivity contribution in [1.82, 2.24) is 5.32 Å². The van der Waals surface area contributed by atoms with Crippen LogP contribution in [0.2, 0.25) is 0 Å². The second-order valence-electron chi connectivity index (χ2n) is 5.87. The van der Waals surface area contributed by atoms with Crippen molar-refractivity contribution in [3.63, 3.8) is 0 Å². The predicted molar refractivity (Wildman–Crippen MR) is 76.0 cm³/mol. The van der Waals surface area contributed by atoms with Gasteiger partial charge in [-0.2, -0.15) is 0 Å². The SMILES string of the molecule is CNC(c1ccc2c(c1)CC(C)O2)C(C)C(C)C. The zero-order chi connectivity index (χ0) is 13.3. The third-order valence-electron chi connectivity index (χ3n) is 4.17. The van der Waals surface area contributed by atoms with Crippen molar-refractivity contribution in [2.24, 2.45) is 11.8 Å². The lowest BCUT2D eigenvalue weighted by Crippen LogP contribution is -2.26. The number of hydrogen-bond donors (Lipinski definition) is 1. The fourth-order valence-corrected chi connectivity index (χ4v) is 2.75. The molecule has 0 saturated carbocycles. The zero-order valence-corrected chi connectivity index (χ0v) is 12.2. The van der Waals surface area contributed by atoms with E-state index in [9.17, 15) is 0 Å². The number of fused-ring (bicyclic) bond motifs is 1. The number of nitrogens with one attached hydrogen (secondary N) is 1. The fourth-order valence-electron chi connectivity index (χ4n) is 2.75. The molecule has 1 heterocycles. The van der Waals surface area contributed by atoms with Gasteiger partial charge in [-0.25, -0.2) is 0 Å². The number of ether oxygens (including phenoxy) is 1. The molecule has 0 amide bonds. The van der Waals surface area contributed by atoms with Crippen LogP contribution in [0.5, 0.6) is 5.75 Å². The van der Waals surface area contributed by atoms with Gasteiger partial charge in [0.2, 0.25) is 0 Å². The van der Waals surface area contributed by atoms with Gasteiger partial charge in [0, 0.05) is 12.5 Å². The van der Waals surface area contributed by atoms with Gasteiger partial charge in [0.25, 0.3) is 0 Å². The third-order valence-corrected chi connectivity index (χ3v) is 4.17. The van der Waals surface area contributed by atoms with Crippen LogP contribution in [0.3, 0.4) is 0 Å². The lowest BCUT2D eigenvalue weighted by Gasteiger charge is -2.27. The number of benzene rings is 1. The topological polar surface area (TPSA) is 21.3 Å². The summed E-state index contributed by atoms with van der Waals surface area (Å²) in [5, 5.41) is 3.46. The molecular weight excluding hydrogens is 222 g/mol. The van der Waals surface area contributed by atoms with Crippen LogP contribution in [0.1, 0.15) is 44.9 Å². The smallest absolute Gasteiger partial charge is 0.123 e. The molecule has 1 aliphatic heterocycles. The van der Waals surface area contributed by atoms with Crippen molar-refractivity contribution in [3.8, 4) is 5.75 Å². The molecule has 1 aromatic rings.